The summed E-state index contributed by atoms with van der Waals surface area (Å²) >= 11 is 0. The van der Waals surface area contributed by atoms with Crippen molar-refractivity contribution in [2.24, 2.45) is 13.0 Å². The number of hydrogen-bond donors (Lipinski definition) is 2. The summed E-state index contributed by atoms with van der Waals surface area (Å²) in [5.41, 5.74) is 0. The van der Waals surface area contributed by atoms with Crippen LogP contribution in [0.2, 0.25) is 0 Å². The molecule has 0 saturated carbocycles. The van der Waals surface area contributed by atoms with Gasteiger partial charge < -0.3 is 14.1 Å². The van der Waals surface area contributed by atoms with E-state index in [2.05, 4.69) is 24.1 Å². The molecular formula is C16H25N3O2. The van der Waals surface area contributed by atoms with E-state index in [9.17, 15) is 5.11 Å². The van der Waals surface area contributed by atoms with Gasteiger partial charge in [-0.15, -0.1) is 0 Å². The predicted octanol–water partition coefficient (Wildman–Crippen LogP) is 2.49. The standard InChI is InChI=1S/C16H25N3O2/c1-4-12(5-2)13(20)11-18-15(14-7-6-10-21-14)16-17-8-9-19(16)3/h6-10,12-13,15,18,20H,4-5,11H2,1-3H3. The number of furan rings is 1. The topological polar surface area (TPSA) is 63.2 Å². The van der Waals surface area contributed by atoms with Gasteiger partial charge in [0, 0.05) is 26.0 Å². The Balaban J connectivity index is 2.10. The van der Waals surface area contributed by atoms with Gasteiger partial charge in [0.25, 0.3) is 0 Å². The number of imidazole rings is 1. The van der Waals surface area contributed by atoms with Gasteiger partial charge >= 0.3 is 0 Å². The first-order valence-electron chi connectivity index (χ1n) is 7.59. The van der Waals surface area contributed by atoms with Crippen molar-refractivity contribution < 1.29 is 9.52 Å². The van der Waals surface area contributed by atoms with E-state index in [-0.39, 0.29) is 12.1 Å². The highest BCUT2D eigenvalue weighted by molar-refractivity contribution is 5.15. The molecule has 0 aromatic carbocycles. The summed E-state index contributed by atoms with van der Waals surface area (Å²) in [7, 11) is 1.96. The number of rotatable bonds is 8. The van der Waals surface area contributed by atoms with Crippen molar-refractivity contribution in [2.75, 3.05) is 6.54 Å². The van der Waals surface area contributed by atoms with Crippen molar-refractivity contribution in [1.29, 1.82) is 0 Å². The maximum atomic E-state index is 10.3. The molecule has 2 N–H and O–H groups in total. The lowest BCUT2D eigenvalue weighted by atomic mass is 9.96. The summed E-state index contributed by atoms with van der Waals surface area (Å²) in [6.07, 6.45) is 6.93. The Hall–Kier alpha value is -1.59. The van der Waals surface area contributed by atoms with Crippen molar-refractivity contribution >= 4 is 0 Å². The highest BCUT2D eigenvalue weighted by Crippen LogP contribution is 2.21. The van der Waals surface area contributed by atoms with Gasteiger partial charge in [0.2, 0.25) is 0 Å². The smallest absolute Gasteiger partial charge is 0.133 e. The SMILES string of the molecule is CCC(CC)C(O)CNC(c1ccco1)c1nccn1C. The van der Waals surface area contributed by atoms with Crippen LogP contribution in [0.3, 0.4) is 0 Å². The number of aliphatic hydroxyl groups is 1. The second-order valence-electron chi connectivity index (χ2n) is 5.40. The van der Waals surface area contributed by atoms with E-state index in [0.717, 1.165) is 24.4 Å². The molecule has 2 unspecified atom stereocenters. The molecule has 0 aliphatic heterocycles. The molecule has 116 valence electrons. The first kappa shape index (κ1) is 15.8. The minimum Gasteiger partial charge on any atom is -0.467 e. The molecule has 0 fully saturated rings. The maximum absolute atomic E-state index is 10.3. The van der Waals surface area contributed by atoms with E-state index in [1.807, 2.05) is 29.9 Å². The summed E-state index contributed by atoms with van der Waals surface area (Å²) in [5, 5.41) is 13.7. The van der Waals surface area contributed by atoms with Crippen LogP contribution in [-0.2, 0) is 7.05 Å². The van der Waals surface area contributed by atoms with E-state index in [1.165, 1.54) is 0 Å². The molecule has 0 spiro atoms. The fourth-order valence-electron chi connectivity index (χ4n) is 2.67. The summed E-state index contributed by atoms with van der Waals surface area (Å²) in [6, 6.07) is 3.64. The first-order valence-corrected chi connectivity index (χ1v) is 7.59. The van der Waals surface area contributed by atoms with Gasteiger partial charge in [0.15, 0.2) is 0 Å². The van der Waals surface area contributed by atoms with E-state index in [1.54, 1.807) is 12.5 Å². The lowest BCUT2D eigenvalue weighted by molar-refractivity contribution is 0.0984. The molecular weight excluding hydrogens is 266 g/mol. The molecule has 5 heteroatoms. The number of nitrogens with zero attached hydrogens (tertiary/aromatic N) is 2. The number of aryl methyl sites for hydroxylation is 1. The third kappa shape index (κ3) is 3.74. The Kier molecular flexibility index (Phi) is 5.59. The van der Waals surface area contributed by atoms with Crippen molar-refractivity contribution in [3.8, 4) is 0 Å². The number of nitrogens with one attached hydrogen (secondary N) is 1. The van der Waals surface area contributed by atoms with Crippen LogP contribution in [0.1, 0.15) is 44.3 Å². The quantitative estimate of drug-likeness (QED) is 0.784. The lowest BCUT2D eigenvalue weighted by Gasteiger charge is -2.23. The Labute approximate surface area is 126 Å². The zero-order chi connectivity index (χ0) is 15.2. The van der Waals surface area contributed by atoms with Crippen LogP contribution in [0.4, 0.5) is 0 Å². The third-order valence-corrected chi connectivity index (χ3v) is 4.07. The van der Waals surface area contributed by atoms with Crippen LogP contribution in [0.25, 0.3) is 0 Å². The second kappa shape index (κ2) is 7.43. The molecule has 5 nitrogen and oxygen atoms in total. The second-order valence-corrected chi connectivity index (χ2v) is 5.40. The average molecular weight is 291 g/mol. The van der Waals surface area contributed by atoms with Crippen LogP contribution < -0.4 is 5.32 Å². The van der Waals surface area contributed by atoms with Crippen molar-refractivity contribution in [3.05, 3.63) is 42.4 Å². The Morgan fingerprint density at radius 3 is 2.67 bits per heavy atom. The Bertz CT molecular complexity index is 517. The van der Waals surface area contributed by atoms with E-state index < -0.39 is 0 Å². The van der Waals surface area contributed by atoms with Gasteiger partial charge in [-0.25, -0.2) is 4.98 Å². The summed E-state index contributed by atoms with van der Waals surface area (Å²) in [5.74, 6) is 2.00. The maximum Gasteiger partial charge on any atom is 0.133 e. The van der Waals surface area contributed by atoms with Crippen molar-refractivity contribution in [2.45, 2.75) is 38.8 Å². The fourth-order valence-corrected chi connectivity index (χ4v) is 2.67. The van der Waals surface area contributed by atoms with E-state index >= 15 is 0 Å². The van der Waals surface area contributed by atoms with Crippen LogP contribution in [0.15, 0.2) is 35.2 Å². The Morgan fingerprint density at radius 1 is 1.38 bits per heavy atom. The van der Waals surface area contributed by atoms with Gasteiger partial charge in [-0.1, -0.05) is 26.7 Å². The largest absolute Gasteiger partial charge is 0.467 e. The molecule has 0 aliphatic carbocycles. The number of hydrogen-bond acceptors (Lipinski definition) is 4. The van der Waals surface area contributed by atoms with Gasteiger partial charge in [-0.2, -0.15) is 0 Å². The minimum absolute atomic E-state index is 0.149. The predicted molar refractivity (Wildman–Crippen MR) is 81.8 cm³/mol. The van der Waals surface area contributed by atoms with Crippen LogP contribution in [-0.4, -0.2) is 27.3 Å². The van der Waals surface area contributed by atoms with Gasteiger partial charge in [-0.3, -0.25) is 5.32 Å². The Morgan fingerprint density at radius 2 is 2.14 bits per heavy atom. The van der Waals surface area contributed by atoms with Crippen LogP contribution in [0, 0.1) is 5.92 Å². The summed E-state index contributed by atoms with van der Waals surface area (Å²) in [4.78, 5) is 4.39. The molecule has 2 rings (SSSR count). The molecule has 2 aromatic rings. The summed E-state index contributed by atoms with van der Waals surface area (Å²) in [6.45, 7) is 4.74. The van der Waals surface area contributed by atoms with Crippen LogP contribution in [0.5, 0.6) is 0 Å². The monoisotopic (exact) mass is 291 g/mol. The molecule has 0 bridgehead atoms. The molecule has 2 heterocycles. The third-order valence-electron chi connectivity index (χ3n) is 4.07. The summed E-state index contributed by atoms with van der Waals surface area (Å²) < 4.78 is 7.48. The number of aromatic nitrogens is 2. The van der Waals surface area contributed by atoms with Gasteiger partial charge in [-0.05, 0) is 18.1 Å². The molecule has 2 aromatic heterocycles. The van der Waals surface area contributed by atoms with Crippen molar-refractivity contribution in [1.82, 2.24) is 14.9 Å². The highest BCUT2D eigenvalue weighted by atomic mass is 16.3. The van der Waals surface area contributed by atoms with E-state index in [0.29, 0.717) is 12.5 Å². The van der Waals surface area contributed by atoms with Crippen LogP contribution >= 0.6 is 0 Å². The minimum atomic E-state index is -0.363. The zero-order valence-electron chi connectivity index (χ0n) is 13.0. The lowest BCUT2D eigenvalue weighted by Crippen LogP contribution is -2.36. The first-order chi connectivity index (χ1) is 10.2. The van der Waals surface area contributed by atoms with Crippen molar-refractivity contribution in [3.63, 3.8) is 0 Å². The van der Waals surface area contributed by atoms with E-state index in [4.69, 9.17) is 4.42 Å². The molecule has 0 saturated heterocycles. The average Bonchev–Trinajstić information content (AvgIpc) is 3.13. The molecule has 0 aliphatic rings. The van der Waals surface area contributed by atoms with Gasteiger partial charge in [0.05, 0.1) is 12.4 Å². The molecule has 0 amide bonds. The normalized spacial score (nSPS) is 14.5. The highest BCUT2D eigenvalue weighted by Gasteiger charge is 2.23. The number of aliphatic hydroxyl groups excluding tert-OH is 1. The zero-order valence-corrected chi connectivity index (χ0v) is 13.0. The van der Waals surface area contributed by atoms with Gasteiger partial charge in [0.1, 0.15) is 17.6 Å². The molecule has 21 heavy (non-hydrogen) atoms. The molecule has 2 atom stereocenters. The molecule has 0 radical (unpaired) electrons. The fraction of sp³-hybridized carbons (Fsp3) is 0.562.